The number of hydrogen-bond donors (Lipinski definition) is 2. The minimum Gasteiger partial charge on any atom is -0.493 e. The van der Waals surface area contributed by atoms with Crippen molar-refractivity contribution in [2.45, 2.75) is 19.5 Å². The summed E-state index contributed by atoms with van der Waals surface area (Å²) in [7, 11) is 4.74. The normalized spacial score (nSPS) is 11.7. The number of hydrogen-bond acceptors (Lipinski definition) is 5. The topological polar surface area (TPSA) is 77.0 Å². The minimum atomic E-state index is -0.926. The molecule has 2 aromatic rings. The van der Waals surface area contributed by atoms with Crippen LogP contribution in [0.4, 0.5) is 0 Å². The van der Waals surface area contributed by atoms with Crippen LogP contribution < -0.4 is 19.5 Å². The number of aromatic carboxylic acids is 1. The zero-order valence-corrected chi connectivity index (χ0v) is 14.8. The summed E-state index contributed by atoms with van der Waals surface area (Å²) < 4.78 is 16.1. The first-order chi connectivity index (χ1) is 12.0. The van der Waals surface area contributed by atoms with Gasteiger partial charge in [0.2, 0.25) is 5.75 Å². The molecule has 0 aliphatic rings. The first kappa shape index (κ1) is 18.6. The molecule has 1 atom stereocenters. The van der Waals surface area contributed by atoms with Crippen molar-refractivity contribution in [3.63, 3.8) is 0 Å². The molecular weight excluding hydrogens is 322 g/mol. The second kappa shape index (κ2) is 8.39. The van der Waals surface area contributed by atoms with E-state index >= 15 is 0 Å². The molecular formula is C19H23NO5. The third-order valence-corrected chi connectivity index (χ3v) is 4.00. The number of nitrogens with one attached hydrogen (secondary N) is 1. The van der Waals surface area contributed by atoms with Crippen LogP contribution in [0, 0.1) is 0 Å². The number of benzene rings is 2. The summed E-state index contributed by atoms with van der Waals surface area (Å²) in [5.41, 5.74) is 2.28. The molecule has 0 radical (unpaired) electrons. The fourth-order valence-corrected chi connectivity index (χ4v) is 2.51. The summed E-state index contributed by atoms with van der Waals surface area (Å²) in [6.07, 6.45) is 0. The molecule has 0 saturated heterocycles. The molecule has 134 valence electrons. The van der Waals surface area contributed by atoms with Gasteiger partial charge in [0.15, 0.2) is 11.5 Å². The van der Waals surface area contributed by atoms with Crippen LogP contribution in [0.1, 0.15) is 34.5 Å². The largest absolute Gasteiger partial charge is 0.493 e. The highest BCUT2D eigenvalue weighted by atomic mass is 16.5. The smallest absolute Gasteiger partial charge is 0.335 e. The molecule has 2 N–H and O–H groups in total. The Morgan fingerprint density at radius 3 is 2.04 bits per heavy atom. The average Bonchev–Trinajstić information content (AvgIpc) is 2.64. The SMILES string of the molecule is COc1cc(C(C)NCc2ccc(C(=O)O)cc2)cc(OC)c1OC. The van der Waals surface area contributed by atoms with Crippen molar-refractivity contribution in [2.75, 3.05) is 21.3 Å². The number of methoxy groups -OCH3 is 3. The zero-order valence-electron chi connectivity index (χ0n) is 14.8. The van der Waals surface area contributed by atoms with Crippen LogP contribution >= 0.6 is 0 Å². The van der Waals surface area contributed by atoms with Gasteiger partial charge in [0.05, 0.1) is 26.9 Å². The fourth-order valence-electron chi connectivity index (χ4n) is 2.51. The van der Waals surface area contributed by atoms with Crippen LogP contribution in [0.2, 0.25) is 0 Å². The van der Waals surface area contributed by atoms with Crippen LogP contribution in [-0.2, 0) is 6.54 Å². The van der Waals surface area contributed by atoms with Gasteiger partial charge in [0, 0.05) is 12.6 Å². The lowest BCUT2D eigenvalue weighted by atomic mass is 10.1. The molecule has 6 nitrogen and oxygen atoms in total. The Kier molecular flexibility index (Phi) is 6.25. The first-order valence-corrected chi connectivity index (χ1v) is 7.85. The van der Waals surface area contributed by atoms with Crippen molar-refractivity contribution in [2.24, 2.45) is 0 Å². The van der Waals surface area contributed by atoms with Gasteiger partial charge in [-0.15, -0.1) is 0 Å². The highest BCUT2D eigenvalue weighted by molar-refractivity contribution is 5.87. The number of carboxylic acids is 1. The Balaban J connectivity index is 2.12. The number of carbonyl (C=O) groups is 1. The molecule has 0 heterocycles. The predicted molar refractivity (Wildman–Crippen MR) is 94.8 cm³/mol. The molecule has 0 aromatic heterocycles. The molecule has 0 saturated carbocycles. The van der Waals surface area contributed by atoms with Crippen LogP contribution in [0.5, 0.6) is 17.2 Å². The van der Waals surface area contributed by atoms with E-state index in [-0.39, 0.29) is 11.6 Å². The zero-order chi connectivity index (χ0) is 18.4. The molecule has 2 rings (SSSR count). The van der Waals surface area contributed by atoms with Gasteiger partial charge >= 0.3 is 5.97 Å². The molecule has 2 aromatic carbocycles. The summed E-state index contributed by atoms with van der Waals surface area (Å²) in [5.74, 6) is 0.850. The summed E-state index contributed by atoms with van der Waals surface area (Å²) in [5, 5.41) is 12.3. The van der Waals surface area contributed by atoms with Crippen LogP contribution in [-0.4, -0.2) is 32.4 Å². The minimum absolute atomic E-state index is 0.0351. The van der Waals surface area contributed by atoms with Crippen molar-refractivity contribution in [1.82, 2.24) is 5.32 Å². The molecule has 0 amide bonds. The van der Waals surface area contributed by atoms with Crippen LogP contribution in [0.15, 0.2) is 36.4 Å². The Labute approximate surface area is 147 Å². The Morgan fingerprint density at radius 1 is 1.04 bits per heavy atom. The van der Waals surface area contributed by atoms with Crippen molar-refractivity contribution >= 4 is 5.97 Å². The molecule has 0 aliphatic heterocycles. The maximum atomic E-state index is 10.9. The Hall–Kier alpha value is -2.73. The van der Waals surface area contributed by atoms with Gasteiger partial charge in [-0.25, -0.2) is 4.79 Å². The third kappa shape index (κ3) is 4.42. The number of rotatable bonds is 8. The Bertz CT molecular complexity index is 702. The van der Waals surface area contributed by atoms with Gasteiger partial charge in [0.25, 0.3) is 0 Å². The monoisotopic (exact) mass is 345 g/mol. The lowest BCUT2D eigenvalue weighted by Gasteiger charge is -2.19. The number of carboxylic acid groups (broad SMARTS) is 1. The molecule has 0 aliphatic carbocycles. The van der Waals surface area contributed by atoms with E-state index in [4.69, 9.17) is 19.3 Å². The standard InChI is InChI=1S/C19H23NO5/c1-12(20-11-13-5-7-14(8-6-13)19(21)22)15-9-16(23-2)18(25-4)17(10-15)24-3/h5-10,12,20H,11H2,1-4H3,(H,21,22). The van der Waals surface area contributed by atoms with Crippen LogP contribution in [0.3, 0.4) is 0 Å². The second-order valence-corrected chi connectivity index (χ2v) is 5.56. The predicted octanol–water partition coefficient (Wildman–Crippen LogP) is 3.26. The summed E-state index contributed by atoms with van der Waals surface area (Å²) >= 11 is 0. The summed E-state index contributed by atoms with van der Waals surface area (Å²) in [6.45, 7) is 2.64. The maximum absolute atomic E-state index is 10.9. The molecule has 1 unspecified atom stereocenters. The van der Waals surface area contributed by atoms with E-state index < -0.39 is 5.97 Å². The van der Waals surface area contributed by atoms with Gasteiger partial charge in [-0.05, 0) is 42.3 Å². The lowest BCUT2D eigenvalue weighted by Crippen LogP contribution is -2.18. The molecule has 0 fully saturated rings. The first-order valence-electron chi connectivity index (χ1n) is 7.85. The van der Waals surface area contributed by atoms with Gasteiger partial charge in [0.1, 0.15) is 0 Å². The third-order valence-electron chi connectivity index (χ3n) is 4.00. The molecule has 25 heavy (non-hydrogen) atoms. The van der Waals surface area contributed by atoms with E-state index in [1.165, 1.54) is 0 Å². The maximum Gasteiger partial charge on any atom is 0.335 e. The van der Waals surface area contributed by atoms with Gasteiger partial charge in [-0.1, -0.05) is 12.1 Å². The van der Waals surface area contributed by atoms with Crippen molar-refractivity contribution in [1.29, 1.82) is 0 Å². The van der Waals surface area contributed by atoms with E-state index in [1.807, 2.05) is 19.1 Å². The van der Waals surface area contributed by atoms with Crippen molar-refractivity contribution in [3.05, 3.63) is 53.1 Å². The van der Waals surface area contributed by atoms with Crippen molar-refractivity contribution in [3.8, 4) is 17.2 Å². The van der Waals surface area contributed by atoms with E-state index in [1.54, 1.807) is 45.6 Å². The van der Waals surface area contributed by atoms with Crippen molar-refractivity contribution < 1.29 is 24.1 Å². The lowest BCUT2D eigenvalue weighted by molar-refractivity contribution is 0.0697. The quantitative estimate of drug-likeness (QED) is 0.765. The van der Waals surface area contributed by atoms with E-state index in [9.17, 15) is 4.79 Å². The van der Waals surface area contributed by atoms with E-state index in [0.29, 0.717) is 23.8 Å². The van der Waals surface area contributed by atoms with E-state index in [0.717, 1.165) is 11.1 Å². The molecule has 0 spiro atoms. The van der Waals surface area contributed by atoms with E-state index in [2.05, 4.69) is 5.32 Å². The molecule has 0 bridgehead atoms. The van der Waals surface area contributed by atoms with Gasteiger partial charge < -0.3 is 24.6 Å². The number of ether oxygens (including phenoxy) is 3. The highest BCUT2D eigenvalue weighted by Gasteiger charge is 2.16. The highest BCUT2D eigenvalue weighted by Crippen LogP contribution is 2.39. The van der Waals surface area contributed by atoms with Crippen LogP contribution in [0.25, 0.3) is 0 Å². The summed E-state index contributed by atoms with van der Waals surface area (Å²) in [4.78, 5) is 10.9. The summed E-state index contributed by atoms with van der Waals surface area (Å²) in [6, 6.07) is 10.7. The van der Waals surface area contributed by atoms with Gasteiger partial charge in [-0.2, -0.15) is 0 Å². The van der Waals surface area contributed by atoms with Gasteiger partial charge in [-0.3, -0.25) is 0 Å². The second-order valence-electron chi connectivity index (χ2n) is 5.56. The fraction of sp³-hybridized carbons (Fsp3) is 0.316. The Morgan fingerprint density at radius 2 is 1.60 bits per heavy atom. The average molecular weight is 345 g/mol. The molecule has 6 heteroatoms.